The minimum Gasteiger partial charge on any atom is -0.368 e. The maximum Gasteiger partial charge on any atom is 0.190 e. The third-order valence-corrected chi connectivity index (χ3v) is 5.93. The minimum absolute atomic E-state index is 0.0814. The van der Waals surface area contributed by atoms with E-state index in [1.165, 1.54) is 17.3 Å². The molecule has 2 aliphatic rings. The summed E-state index contributed by atoms with van der Waals surface area (Å²) in [7, 11) is 0. The normalized spacial score (nSPS) is 28.5. The molecule has 2 aromatic rings. The first-order valence-corrected chi connectivity index (χ1v) is 8.63. The molecule has 0 saturated heterocycles. The van der Waals surface area contributed by atoms with Gasteiger partial charge in [0.25, 0.3) is 0 Å². The van der Waals surface area contributed by atoms with Gasteiger partial charge in [0.05, 0.1) is 0 Å². The second kappa shape index (κ2) is 4.68. The van der Waals surface area contributed by atoms with E-state index in [0.29, 0.717) is 23.8 Å². The third-order valence-electron chi connectivity index (χ3n) is 4.58. The smallest absolute Gasteiger partial charge is 0.190 e. The van der Waals surface area contributed by atoms with Crippen LogP contribution in [0.2, 0.25) is 0 Å². The Balaban J connectivity index is 1.77. The van der Waals surface area contributed by atoms with Crippen molar-refractivity contribution in [2.75, 3.05) is 0 Å². The lowest BCUT2D eigenvalue weighted by molar-refractivity contribution is -0.146. The molecule has 1 N–H and O–H groups in total. The van der Waals surface area contributed by atoms with E-state index in [1.807, 2.05) is 45.0 Å². The highest BCUT2D eigenvalue weighted by Gasteiger charge is 2.58. The SMILES string of the molecule is Cc1ccc(-c2nc3n(n2)[C@@]2(O)CC(C)(C)CC(=O)[C@H]2S3)cc1. The second-order valence-corrected chi connectivity index (χ2v) is 8.43. The van der Waals surface area contributed by atoms with Crippen molar-refractivity contribution >= 4 is 17.5 Å². The van der Waals surface area contributed by atoms with Gasteiger partial charge in [0.1, 0.15) is 5.25 Å². The molecule has 2 atom stereocenters. The Bertz CT molecular complexity index is 797. The first-order chi connectivity index (χ1) is 10.8. The number of hydrogen-bond donors (Lipinski definition) is 1. The molecular weight excluding hydrogens is 310 g/mol. The number of hydrogen-bond acceptors (Lipinski definition) is 5. The van der Waals surface area contributed by atoms with Crippen molar-refractivity contribution in [1.29, 1.82) is 0 Å². The largest absolute Gasteiger partial charge is 0.368 e. The molecule has 23 heavy (non-hydrogen) atoms. The number of nitrogens with zero attached hydrogens (tertiary/aromatic N) is 3. The molecule has 1 aliphatic carbocycles. The molecule has 1 saturated carbocycles. The van der Waals surface area contributed by atoms with E-state index in [-0.39, 0.29) is 11.2 Å². The van der Waals surface area contributed by atoms with Gasteiger partial charge in [0.15, 0.2) is 22.5 Å². The van der Waals surface area contributed by atoms with Crippen LogP contribution in [0.15, 0.2) is 29.4 Å². The van der Waals surface area contributed by atoms with Gasteiger partial charge < -0.3 is 5.11 Å². The Morgan fingerprint density at radius 3 is 2.70 bits per heavy atom. The maximum atomic E-state index is 12.4. The monoisotopic (exact) mass is 329 g/mol. The number of aromatic nitrogens is 3. The maximum absolute atomic E-state index is 12.4. The second-order valence-electron chi connectivity index (χ2n) is 7.36. The van der Waals surface area contributed by atoms with Crippen molar-refractivity contribution in [1.82, 2.24) is 14.8 Å². The Hall–Kier alpha value is -1.66. The Labute approximate surface area is 139 Å². The highest BCUT2D eigenvalue weighted by Crippen LogP contribution is 2.52. The summed E-state index contributed by atoms with van der Waals surface area (Å²) in [6, 6.07) is 7.98. The Kier molecular flexibility index (Phi) is 3.03. The molecule has 0 spiro atoms. The lowest BCUT2D eigenvalue weighted by Gasteiger charge is -2.41. The van der Waals surface area contributed by atoms with Gasteiger partial charge in [-0.1, -0.05) is 55.4 Å². The van der Waals surface area contributed by atoms with Crippen LogP contribution in [0.5, 0.6) is 0 Å². The predicted octanol–water partition coefficient (Wildman–Crippen LogP) is 2.76. The zero-order valence-electron chi connectivity index (χ0n) is 13.4. The molecule has 2 heterocycles. The van der Waals surface area contributed by atoms with Crippen LogP contribution in [0.25, 0.3) is 11.4 Å². The van der Waals surface area contributed by atoms with Crippen LogP contribution in [0.4, 0.5) is 0 Å². The highest BCUT2D eigenvalue weighted by atomic mass is 32.2. The zero-order chi connectivity index (χ0) is 16.4. The standard InChI is InChI=1S/C17H19N3O2S/c1-10-4-6-11(7-5-10)14-18-15-20(19-14)17(22)9-16(2,3)8-12(21)13(17)23-15/h4-7,13,22H,8-9H2,1-3H3/t13-,17-/m1/s1. The van der Waals surface area contributed by atoms with Crippen LogP contribution in [-0.2, 0) is 10.5 Å². The summed E-state index contributed by atoms with van der Waals surface area (Å²) in [5.41, 5.74) is 0.586. The van der Waals surface area contributed by atoms with Crippen molar-refractivity contribution in [3.05, 3.63) is 29.8 Å². The summed E-state index contributed by atoms with van der Waals surface area (Å²) in [5, 5.41) is 15.9. The van der Waals surface area contributed by atoms with Crippen molar-refractivity contribution in [3.63, 3.8) is 0 Å². The van der Waals surface area contributed by atoms with Gasteiger partial charge in [0.2, 0.25) is 0 Å². The molecule has 1 aromatic heterocycles. The van der Waals surface area contributed by atoms with Gasteiger partial charge in [-0.15, -0.1) is 5.10 Å². The number of ketones is 1. The molecule has 6 heteroatoms. The summed E-state index contributed by atoms with van der Waals surface area (Å²) in [6.07, 6.45) is 0.996. The van der Waals surface area contributed by atoms with E-state index in [9.17, 15) is 9.90 Å². The van der Waals surface area contributed by atoms with Crippen LogP contribution < -0.4 is 0 Å². The number of carbonyl (C=O) groups excluding carboxylic acids is 1. The molecular formula is C17H19N3O2S. The van der Waals surface area contributed by atoms with Gasteiger partial charge in [-0.25, -0.2) is 9.67 Å². The summed E-state index contributed by atoms with van der Waals surface area (Å²) in [4.78, 5) is 17.0. The number of thioether (sulfide) groups is 1. The van der Waals surface area contributed by atoms with Gasteiger partial charge in [-0.3, -0.25) is 4.79 Å². The third kappa shape index (κ3) is 2.23. The van der Waals surface area contributed by atoms with Gasteiger partial charge in [-0.05, 0) is 12.3 Å². The Morgan fingerprint density at radius 2 is 2.00 bits per heavy atom. The van der Waals surface area contributed by atoms with Crippen LogP contribution in [0, 0.1) is 12.3 Å². The van der Waals surface area contributed by atoms with Crippen molar-refractivity contribution < 1.29 is 9.90 Å². The average molecular weight is 329 g/mol. The molecule has 1 aromatic carbocycles. The number of benzene rings is 1. The fraction of sp³-hybridized carbons (Fsp3) is 0.471. The first kappa shape index (κ1) is 14.9. The van der Waals surface area contributed by atoms with Crippen molar-refractivity contribution in [2.45, 2.75) is 49.7 Å². The van der Waals surface area contributed by atoms with Crippen LogP contribution in [0.1, 0.15) is 32.3 Å². The van der Waals surface area contributed by atoms with E-state index >= 15 is 0 Å². The number of aryl methyl sites for hydroxylation is 1. The Morgan fingerprint density at radius 1 is 1.30 bits per heavy atom. The molecule has 1 aliphatic heterocycles. The lowest BCUT2D eigenvalue weighted by atomic mass is 9.72. The molecule has 0 radical (unpaired) electrons. The summed E-state index contributed by atoms with van der Waals surface area (Å²) >= 11 is 1.34. The number of carbonyl (C=O) groups is 1. The molecule has 120 valence electrons. The predicted molar refractivity (Wildman–Crippen MR) is 88.1 cm³/mol. The van der Waals surface area contributed by atoms with Crippen molar-refractivity contribution in [3.8, 4) is 11.4 Å². The molecule has 4 rings (SSSR count). The number of aliphatic hydroxyl groups is 1. The van der Waals surface area contributed by atoms with Crippen molar-refractivity contribution in [2.24, 2.45) is 5.41 Å². The minimum atomic E-state index is -1.27. The van der Waals surface area contributed by atoms with E-state index in [0.717, 1.165) is 5.56 Å². The van der Waals surface area contributed by atoms with Crippen LogP contribution in [-0.4, -0.2) is 30.9 Å². The quantitative estimate of drug-likeness (QED) is 0.871. The van der Waals surface area contributed by atoms with Crippen LogP contribution in [0.3, 0.4) is 0 Å². The molecule has 0 unspecified atom stereocenters. The molecule has 0 amide bonds. The molecule has 5 nitrogen and oxygen atoms in total. The summed E-state index contributed by atoms with van der Waals surface area (Å²) in [5.74, 6) is 0.674. The zero-order valence-corrected chi connectivity index (χ0v) is 14.2. The average Bonchev–Trinajstić information content (AvgIpc) is 2.97. The van der Waals surface area contributed by atoms with Gasteiger partial charge in [0, 0.05) is 18.4 Å². The first-order valence-electron chi connectivity index (χ1n) is 7.75. The van der Waals surface area contributed by atoms with E-state index in [1.54, 1.807) is 4.68 Å². The van der Waals surface area contributed by atoms with Gasteiger partial charge >= 0.3 is 0 Å². The molecule has 0 bridgehead atoms. The van der Waals surface area contributed by atoms with E-state index in [2.05, 4.69) is 10.1 Å². The van der Waals surface area contributed by atoms with E-state index < -0.39 is 11.0 Å². The molecule has 1 fully saturated rings. The fourth-order valence-electron chi connectivity index (χ4n) is 3.58. The lowest BCUT2D eigenvalue weighted by Crippen LogP contribution is -2.52. The van der Waals surface area contributed by atoms with E-state index in [4.69, 9.17) is 0 Å². The summed E-state index contributed by atoms with van der Waals surface area (Å²) < 4.78 is 1.57. The van der Waals surface area contributed by atoms with Crippen LogP contribution >= 0.6 is 11.8 Å². The number of fused-ring (bicyclic) bond motifs is 3. The summed E-state index contributed by atoms with van der Waals surface area (Å²) in [6.45, 7) is 6.06. The highest BCUT2D eigenvalue weighted by molar-refractivity contribution is 8.00. The number of rotatable bonds is 1. The fourth-order valence-corrected chi connectivity index (χ4v) is 4.82. The number of Topliss-reactive ketones (excluding diaryl/α,β-unsaturated/α-hetero) is 1. The van der Waals surface area contributed by atoms with Gasteiger partial charge in [-0.2, -0.15) is 0 Å². The topological polar surface area (TPSA) is 68.0 Å².